The third-order valence-corrected chi connectivity index (χ3v) is 4.46. The van der Waals surface area contributed by atoms with Gasteiger partial charge in [-0.15, -0.1) is 0 Å². The number of nitrogens with zero attached hydrogens (tertiary/aromatic N) is 2. The first-order valence-corrected chi connectivity index (χ1v) is 7.11. The number of halogens is 1. The SMILES string of the molecule is CC1CN(S(=O)(=O)c2ncccc2F)CC(C)O1. The molecule has 2 unspecified atom stereocenters. The van der Waals surface area contributed by atoms with Gasteiger partial charge in [0.05, 0.1) is 12.2 Å². The Morgan fingerprint density at radius 2 is 2.00 bits per heavy atom. The summed E-state index contributed by atoms with van der Waals surface area (Å²) < 4.78 is 44.7. The number of morpholine rings is 1. The first-order chi connectivity index (χ1) is 8.41. The van der Waals surface area contributed by atoms with Crippen molar-refractivity contribution in [1.29, 1.82) is 0 Å². The van der Waals surface area contributed by atoms with Crippen LogP contribution in [-0.2, 0) is 14.8 Å². The zero-order valence-electron chi connectivity index (χ0n) is 10.2. The van der Waals surface area contributed by atoms with E-state index >= 15 is 0 Å². The van der Waals surface area contributed by atoms with Gasteiger partial charge in [-0.3, -0.25) is 0 Å². The third-order valence-electron chi connectivity index (χ3n) is 2.70. The van der Waals surface area contributed by atoms with Crippen molar-refractivity contribution in [2.45, 2.75) is 31.1 Å². The summed E-state index contributed by atoms with van der Waals surface area (Å²) in [5.41, 5.74) is 0. The van der Waals surface area contributed by atoms with Gasteiger partial charge in [-0.2, -0.15) is 4.31 Å². The van der Waals surface area contributed by atoms with Crippen LogP contribution in [0.3, 0.4) is 0 Å². The molecule has 0 bridgehead atoms. The Hall–Kier alpha value is -1.05. The highest BCUT2D eigenvalue weighted by Crippen LogP contribution is 2.21. The summed E-state index contributed by atoms with van der Waals surface area (Å²) in [6, 6.07) is 2.45. The third kappa shape index (κ3) is 2.52. The molecule has 7 heteroatoms. The lowest BCUT2D eigenvalue weighted by Crippen LogP contribution is -2.48. The minimum Gasteiger partial charge on any atom is -0.373 e. The van der Waals surface area contributed by atoms with Gasteiger partial charge in [0, 0.05) is 19.3 Å². The second kappa shape index (κ2) is 4.91. The summed E-state index contributed by atoms with van der Waals surface area (Å²) in [7, 11) is -3.89. The molecule has 1 fully saturated rings. The fourth-order valence-electron chi connectivity index (χ4n) is 2.01. The van der Waals surface area contributed by atoms with Crippen LogP contribution in [-0.4, -0.2) is 43.0 Å². The lowest BCUT2D eigenvalue weighted by atomic mass is 10.3. The van der Waals surface area contributed by atoms with Crippen LogP contribution in [0.5, 0.6) is 0 Å². The molecule has 0 radical (unpaired) electrons. The van der Waals surface area contributed by atoms with E-state index in [0.717, 1.165) is 6.07 Å². The Morgan fingerprint density at radius 3 is 2.56 bits per heavy atom. The molecule has 1 saturated heterocycles. The molecule has 2 heterocycles. The van der Waals surface area contributed by atoms with Crippen LogP contribution in [0.1, 0.15) is 13.8 Å². The van der Waals surface area contributed by atoms with Crippen molar-refractivity contribution in [2.24, 2.45) is 0 Å². The highest BCUT2D eigenvalue weighted by atomic mass is 32.2. The van der Waals surface area contributed by atoms with Crippen molar-refractivity contribution < 1.29 is 17.5 Å². The molecule has 0 amide bonds. The number of hydrogen-bond donors (Lipinski definition) is 0. The Labute approximate surface area is 106 Å². The smallest absolute Gasteiger partial charge is 0.263 e. The van der Waals surface area contributed by atoms with Gasteiger partial charge in [-0.05, 0) is 26.0 Å². The highest BCUT2D eigenvalue weighted by molar-refractivity contribution is 7.89. The molecular weight excluding hydrogens is 259 g/mol. The zero-order chi connectivity index (χ0) is 13.3. The van der Waals surface area contributed by atoms with Gasteiger partial charge in [-0.1, -0.05) is 0 Å². The molecule has 2 rings (SSSR count). The quantitative estimate of drug-likeness (QED) is 0.808. The molecule has 1 aliphatic heterocycles. The Morgan fingerprint density at radius 1 is 1.39 bits per heavy atom. The fourth-order valence-corrected chi connectivity index (χ4v) is 3.58. The molecular formula is C11H15FN2O3S. The van der Waals surface area contributed by atoms with E-state index in [1.54, 1.807) is 13.8 Å². The van der Waals surface area contributed by atoms with Gasteiger partial charge < -0.3 is 4.74 Å². The number of sulfonamides is 1. The van der Waals surface area contributed by atoms with Crippen LogP contribution in [0.4, 0.5) is 4.39 Å². The highest BCUT2D eigenvalue weighted by Gasteiger charge is 2.34. The van der Waals surface area contributed by atoms with E-state index in [1.807, 2.05) is 0 Å². The summed E-state index contributed by atoms with van der Waals surface area (Å²) in [4.78, 5) is 3.63. The first kappa shape index (κ1) is 13.4. The first-order valence-electron chi connectivity index (χ1n) is 5.67. The minimum absolute atomic E-state index is 0.211. The van der Waals surface area contributed by atoms with Gasteiger partial charge in [0.1, 0.15) is 0 Å². The molecule has 100 valence electrons. The minimum atomic E-state index is -3.89. The maximum Gasteiger partial charge on any atom is 0.263 e. The zero-order valence-corrected chi connectivity index (χ0v) is 11.0. The summed E-state index contributed by atoms with van der Waals surface area (Å²) in [5, 5.41) is -0.522. The Balaban J connectivity index is 2.34. The van der Waals surface area contributed by atoms with Crippen LogP contribution in [0.15, 0.2) is 23.4 Å². The Bertz CT molecular complexity index is 525. The molecule has 0 saturated carbocycles. The van der Waals surface area contributed by atoms with Gasteiger partial charge in [-0.25, -0.2) is 17.8 Å². The normalized spacial score (nSPS) is 26.2. The number of rotatable bonds is 2. The van der Waals surface area contributed by atoms with E-state index in [2.05, 4.69) is 4.98 Å². The number of aromatic nitrogens is 1. The molecule has 0 spiro atoms. The van der Waals surface area contributed by atoms with Gasteiger partial charge in [0.25, 0.3) is 10.0 Å². The second-order valence-electron chi connectivity index (χ2n) is 4.37. The monoisotopic (exact) mass is 274 g/mol. The molecule has 0 aliphatic carbocycles. The molecule has 1 aromatic rings. The summed E-state index contributed by atoms with van der Waals surface area (Å²) in [5.74, 6) is -0.829. The maximum absolute atomic E-state index is 13.5. The largest absolute Gasteiger partial charge is 0.373 e. The second-order valence-corrected chi connectivity index (χ2v) is 6.22. The molecule has 1 aromatic heterocycles. The van der Waals surface area contributed by atoms with Crippen molar-refractivity contribution in [3.63, 3.8) is 0 Å². The predicted molar refractivity (Wildman–Crippen MR) is 63.0 cm³/mol. The van der Waals surface area contributed by atoms with Gasteiger partial charge in [0.15, 0.2) is 5.82 Å². The van der Waals surface area contributed by atoms with E-state index in [1.165, 1.54) is 16.6 Å². The summed E-state index contributed by atoms with van der Waals surface area (Å²) in [6.07, 6.45) is 0.842. The van der Waals surface area contributed by atoms with Crippen molar-refractivity contribution >= 4 is 10.0 Å². The van der Waals surface area contributed by atoms with E-state index < -0.39 is 20.9 Å². The lowest BCUT2D eigenvalue weighted by Gasteiger charge is -2.34. The molecule has 0 N–H and O–H groups in total. The molecule has 18 heavy (non-hydrogen) atoms. The van der Waals surface area contributed by atoms with Crippen LogP contribution >= 0.6 is 0 Å². The summed E-state index contributed by atoms with van der Waals surface area (Å²) in [6.45, 7) is 3.99. The van der Waals surface area contributed by atoms with Crippen LogP contribution in [0.25, 0.3) is 0 Å². The molecule has 2 atom stereocenters. The fraction of sp³-hybridized carbons (Fsp3) is 0.545. The van der Waals surface area contributed by atoms with E-state index in [0.29, 0.717) is 0 Å². The lowest BCUT2D eigenvalue weighted by molar-refractivity contribution is -0.0441. The van der Waals surface area contributed by atoms with Crippen LogP contribution < -0.4 is 0 Å². The standard InChI is InChI=1S/C11H15FN2O3S/c1-8-6-14(7-9(2)17-8)18(15,16)11-10(12)4-3-5-13-11/h3-5,8-9H,6-7H2,1-2H3. The topological polar surface area (TPSA) is 59.5 Å². The number of pyridine rings is 1. The average Bonchev–Trinajstić information content (AvgIpc) is 2.28. The Kier molecular flexibility index (Phi) is 3.65. The van der Waals surface area contributed by atoms with Gasteiger partial charge >= 0.3 is 0 Å². The van der Waals surface area contributed by atoms with E-state index in [9.17, 15) is 12.8 Å². The van der Waals surface area contributed by atoms with Crippen molar-refractivity contribution in [3.05, 3.63) is 24.1 Å². The number of hydrogen-bond acceptors (Lipinski definition) is 4. The number of ether oxygens (including phenoxy) is 1. The van der Waals surface area contributed by atoms with Crippen molar-refractivity contribution in [3.8, 4) is 0 Å². The van der Waals surface area contributed by atoms with Gasteiger partial charge in [0.2, 0.25) is 5.03 Å². The van der Waals surface area contributed by atoms with E-state index in [4.69, 9.17) is 4.74 Å². The van der Waals surface area contributed by atoms with Crippen molar-refractivity contribution in [1.82, 2.24) is 9.29 Å². The maximum atomic E-state index is 13.5. The average molecular weight is 274 g/mol. The van der Waals surface area contributed by atoms with Crippen LogP contribution in [0, 0.1) is 5.82 Å². The van der Waals surface area contributed by atoms with Crippen molar-refractivity contribution in [2.75, 3.05) is 13.1 Å². The molecule has 0 aromatic carbocycles. The molecule has 1 aliphatic rings. The molecule has 5 nitrogen and oxygen atoms in total. The van der Waals surface area contributed by atoms with Crippen LogP contribution in [0.2, 0.25) is 0 Å². The van der Waals surface area contributed by atoms with E-state index in [-0.39, 0.29) is 25.3 Å². The predicted octanol–water partition coefficient (Wildman–Crippen LogP) is 1.02. The summed E-state index contributed by atoms with van der Waals surface area (Å²) >= 11 is 0.